The molecule has 0 bridgehead atoms. The molecular formula is C11H23N. The highest BCUT2D eigenvalue weighted by Crippen LogP contribution is 2.33. The lowest BCUT2D eigenvalue weighted by molar-refractivity contribution is 0.0321. The van der Waals surface area contributed by atoms with Gasteiger partial charge in [0.1, 0.15) is 0 Å². The summed E-state index contributed by atoms with van der Waals surface area (Å²) in [6.07, 6.45) is 6.82. The Morgan fingerprint density at radius 2 is 2.08 bits per heavy atom. The van der Waals surface area contributed by atoms with E-state index in [4.69, 9.17) is 0 Å². The molecule has 0 saturated carbocycles. The van der Waals surface area contributed by atoms with Gasteiger partial charge in [0.05, 0.1) is 0 Å². The number of likely N-dealkylation sites (tertiary alicyclic amines) is 1. The average Bonchev–Trinajstić information content (AvgIpc) is 2.10. The Kier molecular flexibility index (Phi) is 3.16. The van der Waals surface area contributed by atoms with E-state index in [2.05, 4.69) is 32.7 Å². The van der Waals surface area contributed by atoms with Gasteiger partial charge in [-0.1, -0.05) is 20.3 Å². The van der Waals surface area contributed by atoms with Gasteiger partial charge in [-0.2, -0.15) is 0 Å². The highest BCUT2D eigenvalue weighted by atomic mass is 15.2. The third-order valence-corrected chi connectivity index (χ3v) is 3.88. The lowest BCUT2D eigenvalue weighted by atomic mass is 9.83. The Morgan fingerprint density at radius 1 is 1.42 bits per heavy atom. The summed E-state index contributed by atoms with van der Waals surface area (Å²) < 4.78 is 0. The highest BCUT2D eigenvalue weighted by molar-refractivity contribution is 4.91. The highest BCUT2D eigenvalue weighted by Gasteiger charge is 2.34. The van der Waals surface area contributed by atoms with Crippen molar-refractivity contribution in [2.24, 2.45) is 0 Å². The Bertz CT molecular complexity index is 144. The molecule has 1 saturated heterocycles. The van der Waals surface area contributed by atoms with Crippen molar-refractivity contribution >= 4 is 0 Å². The SMILES string of the molecule is CCC1CCCC(C)(CC)N1C. The second-order valence-electron chi connectivity index (χ2n) is 4.42. The van der Waals surface area contributed by atoms with Gasteiger partial charge in [-0.15, -0.1) is 0 Å². The largest absolute Gasteiger partial charge is 0.298 e. The normalized spacial score (nSPS) is 38.5. The van der Waals surface area contributed by atoms with Crippen LogP contribution in [-0.2, 0) is 0 Å². The van der Waals surface area contributed by atoms with Gasteiger partial charge in [0, 0.05) is 11.6 Å². The standard InChI is InChI=1S/C11H23N/c1-5-10-8-7-9-11(3,6-2)12(10)4/h10H,5-9H2,1-4H3. The maximum atomic E-state index is 2.61. The van der Waals surface area contributed by atoms with Gasteiger partial charge in [0.2, 0.25) is 0 Å². The number of hydrogen-bond donors (Lipinski definition) is 0. The third-order valence-electron chi connectivity index (χ3n) is 3.88. The summed E-state index contributed by atoms with van der Waals surface area (Å²) in [5.74, 6) is 0. The van der Waals surface area contributed by atoms with E-state index < -0.39 is 0 Å². The van der Waals surface area contributed by atoms with Gasteiger partial charge < -0.3 is 0 Å². The van der Waals surface area contributed by atoms with Crippen LogP contribution in [0.4, 0.5) is 0 Å². The van der Waals surface area contributed by atoms with Crippen molar-refractivity contribution in [3.05, 3.63) is 0 Å². The fourth-order valence-electron chi connectivity index (χ4n) is 2.43. The molecule has 1 rings (SSSR count). The van der Waals surface area contributed by atoms with Crippen molar-refractivity contribution in [3.8, 4) is 0 Å². The van der Waals surface area contributed by atoms with Crippen molar-refractivity contribution in [1.82, 2.24) is 4.90 Å². The van der Waals surface area contributed by atoms with Crippen LogP contribution in [0.3, 0.4) is 0 Å². The summed E-state index contributed by atoms with van der Waals surface area (Å²) in [5.41, 5.74) is 0.485. The Labute approximate surface area is 77.1 Å². The molecular weight excluding hydrogens is 146 g/mol. The predicted molar refractivity (Wildman–Crippen MR) is 54.4 cm³/mol. The molecule has 2 unspecified atom stereocenters. The van der Waals surface area contributed by atoms with Crippen molar-refractivity contribution in [2.45, 2.75) is 64.5 Å². The van der Waals surface area contributed by atoms with Crippen LogP contribution < -0.4 is 0 Å². The molecule has 0 aromatic heterocycles. The minimum atomic E-state index is 0.485. The molecule has 2 atom stereocenters. The molecule has 72 valence electrons. The van der Waals surface area contributed by atoms with Gasteiger partial charge in [0.25, 0.3) is 0 Å². The van der Waals surface area contributed by atoms with Crippen LogP contribution in [0.15, 0.2) is 0 Å². The van der Waals surface area contributed by atoms with Gasteiger partial charge in [-0.05, 0) is 39.7 Å². The first-order valence-corrected chi connectivity index (χ1v) is 5.37. The van der Waals surface area contributed by atoms with Crippen LogP contribution in [0.25, 0.3) is 0 Å². The summed E-state index contributed by atoms with van der Waals surface area (Å²) in [6.45, 7) is 7.03. The van der Waals surface area contributed by atoms with E-state index in [0.29, 0.717) is 5.54 Å². The Balaban J connectivity index is 2.65. The van der Waals surface area contributed by atoms with Crippen LogP contribution in [0.2, 0.25) is 0 Å². The zero-order valence-electron chi connectivity index (χ0n) is 9.06. The summed E-state index contributed by atoms with van der Waals surface area (Å²) in [6, 6.07) is 0.837. The van der Waals surface area contributed by atoms with Gasteiger partial charge in [-0.3, -0.25) is 4.90 Å². The average molecular weight is 169 g/mol. The van der Waals surface area contributed by atoms with Crippen molar-refractivity contribution < 1.29 is 0 Å². The van der Waals surface area contributed by atoms with Crippen LogP contribution >= 0.6 is 0 Å². The quantitative estimate of drug-likeness (QED) is 0.614. The molecule has 0 aliphatic carbocycles. The van der Waals surface area contributed by atoms with Crippen LogP contribution in [0.5, 0.6) is 0 Å². The van der Waals surface area contributed by atoms with Gasteiger partial charge in [0.15, 0.2) is 0 Å². The molecule has 1 heteroatoms. The number of piperidine rings is 1. The van der Waals surface area contributed by atoms with Crippen LogP contribution in [-0.4, -0.2) is 23.5 Å². The van der Waals surface area contributed by atoms with Crippen molar-refractivity contribution in [3.63, 3.8) is 0 Å². The first-order valence-electron chi connectivity index (χ1n) is 5.37. The molecule has 1 aliphatic rings. The molecule has 0 aromatic carbocycles. The molecule has 0 radical (unpaired) electrons. The number of hydrogen-bond acceptors (Lipinski definition) is 1. The molecule has 1 nitrogen and oxygen atoms in total. The predicted octanol–water partition coefficient (Wildman–Crippen LogP) is 3.05. The first kappa shape index (κ1) is 10.0. The number of nitrogens with zero attached hydrogens (tertiary/aromatic N) is 1. The fraction of sp³-hybridized carbons (Fsp3) is 1.00. The second kappa shape index (κ2) is 3.78. The van der Waals surface area contributed by atoms with E-state index in [9.17, 15) is 0 Å². The van der Waals surface area contributed by atoms with E-state index in [1.807, 2.05) is 0 Å². The molecule has 1 heterocycles. The molecule has 0 spiro atoms. The van der Waals surface area contributed by atoms with E-state index in [0.717, 1.165) is 6.04 Å². The Morgan fingerprint density at radius 3 is 2.58 bits per heavy atom. The molecule has 0 amide bonds. The summed E-state index contributed by atoms with van der Waals surface area (Å²) in [7, 11) is 2.30. The van der Waals surface area contributed by atoms with Crippen molar-refractivity contribution in [1.29, 1.82) is 0 Å². The summed E-state index contributed by atoms with van der Waals surface area (Å²) >= 11 is 0. The summed E-state index contributed by atoms with van der Waals surface area (Å²) in [4.78, 5) is 2.61. The molecule has 12 heavy (non-hydrogen) atoms. The number of rotatable bonds is 2. The topological polar surface area (TPSA) is 3.24 Å². The van der Waals surface area contributed by atoms with Gasteiger partial charge in [-0.25, -0.2) is 0 Å². The fourth-order valence-corrected chi connectivity index (χ4v) is 2.43. The van der Waals surface area contributed by atoms with Crippen LogP contribution in [0, 0.1) is 0 Å². The lowest BCUT2D eigenvalue weighted by Crippen LogP contribution is -2.51. The molecule has 0 N–H and O–H groups in total. The van der Waals surface area contributed by atoms with Crippen molar-refractivity contribution in [2.75, 3.05) is 7.05 Å². The second-order valence-corrected chi connectivity index (χ2v) is 4.42. The summed E-state index contributed by atoms with van der Waals surface area (Å²) in [5, 5.41) is 0. The minimum absolute atomic E-state index is 0.485. The van der Waals surface area contributed by atoms with E-state index >= 15 is 0 Å². The van der Waals surface area contributed by atoms with E-state index in [-0.39, 0.29) is 0 Å². The monoisotopic (exact) mass is 169 g/mol. The smallest absolute Gasteiger partial charge is 0.0178 e. The molecule has 1 fully saturated rings. The van der Waals surface area contributed by atoms with Gasteiger partial charge >= 0.3 is 0 Å². The minimum Gasteiger partial charge on any atom is -0.298 e. The molecule has 0 aromatic rings. The maximum Gasteiger partial charge on any atom is 0.0178 e. The lowest BCUT2D eigenvalue weighted by Gasteiger charge is -2.47. The zero-order valence-corrected chi connectivity index (χ0v) is 9.06. The van der Waals surface area contributed by atoms with Crippen LogP contribution in [0.1, 0.15) is 52.9 Å². The van der Waals surface area contributed by atoms with E-state index in [1.54, 1.807) is 0 Å². The maximum absolute atomic E-state index is 2.61. The zero-order chi connectivity index (χ0) is 9.19. The Hall–Kier alpha value is -0.0400. The molecule has 1 aliphatic heterocycles. The first-order chi connectivity index (χ1) is 5.64. The third kappa shape index (κ3) is 1.66. The van der Waals surface area contributed by atoms with E-state index in [1.165, 1.54) is 32.1 Å².